The van der Waals surface area contributed by atoms with E-state index >= 15 is 0 Å². The summed E-state index contributed by atoms with van der Waals surface area (Å²) in [5.41, 5.74) is -5.07. The molecule has 0 spiro atoms. The monoisotopic (exact) mass is 462 g/mol. The third-order valence-electron chi connectivity index (χ3n) is 5.21. The zero-order valence-electron chi connectivity index (χ0n) is 16.7. The molecule has 1 fully saturated rings. The number of alkyl halides is 6. The fourth-order valence-electron chi connectivity index (χ4n) is 3.36. The number of amides is 1. The molecule has 0 unspecified atom stereocenters. The van der Waals surface area contributed by atoms with Crippen LogP contribution in [0, 0.1) is 0 Å². The molecule has 0 bridgehead atoms. The molecule has 0 saturated carbocycles. The number of ether oxygens (including phenoxy) is 1. The summed E-state index contributed by atoms with van der Waals surface area (Å²) in [7, 11) is 0. The average molecular weight is 462 g/mol. The quantitative estimate of drug-likeness (QED) is 0.682. The maximum absolute atomic E-state index is 13.0. The Bertz CT molecular complexity index is 894. The van der Waals surface area contributed by atoms with Gasteiger partial charge in [0.05, 0.1) is 0 Å². The van der Waals surface area contributed by atoms with Crippen molar-refractivity contribution >= 4 is 11.8 Å². The van der Waals surface area contributed by atoms with Gasteiger partial charge in [-0.05, 0) is 17.7 Å². The van der Waals surface area contributed by atoms with Gasteiger partial charge in [0.1, 0.15) is 6.61 Å². The normalized spacial score (nSPS) is 15.6. The van der Waals surface area contributed by atoms with Gasteiger partial charge < -0.3 is 19.6 Å². The number of hydrogen-bond donors (Lipinski definition) is 1. The maximum atomic E-state index is 13.0. The predicted octanol–water partition coefficient (Wildman–Crippen LogP) is 4.46. The lowest BCUT2D eigenvalue weighted by atomic mass is 9.92. The zero-order valence-corrected chi connectivity index (χ0v) is 16.7. The van der Waals surface area contributed by atoms with Crippen LogP contribution in [0.25, 0.3) is 0 Å². The number of piperazine rings is 1. The molecular formula is C21H20F6N2O3. The van der Waals surface area contributed by atoms with Crippen LogP contribution >= 0.6 is 0 Å². The molecule has 0 aliphatic carbocycles. The molecule has 2 aromatic rings. The second-order valence-electron chi connectivity index (χ2n) is 7.27. The molecule has 11 heteroatoms. The van der Waals surface area contributed by atoms with Gasteiger partial charge in [0.15, 0.2) is 0 Å². The molecule has 32 heavy (non-hydrogen) atoms. The molecule has 0 radical (unpaired) electrons. The predicted molar refractivity (Wildman–Crippen MR) is 103 cm³/mol. The Morgan fingerprint density at radius 2 is 1.38 bits per heavy atom. The van der Waals surface area contributed by atoms with Gasteiger partial charge in [-0.3, -0.25) is 0 Å². The highest BCUT2D eigenvalue weighted by molar-refractivity contribution is 5.68. The van der Waals surface area contributed by atoms with E-state index in [9.17, 15) is 36.2 Å². The highest BCUT2D eigenvalue weighted by atomic mass is 19.4. The van der Waals surface area contributed by atoms with Crippen molar-refractivity contribution in [3.8, 4) is 0 Å². The van der Waals surface area contributed by atoms with Crippen LogP contribution in [0.3, 0.4) is 0 Å². The lowest BCUT2D eigenvalue weighted by Crippen LogP contribution is -2.54. The Balaban J connectivity index is 1.61. The van der Waals surface area contributed by atoms with Crippen LogP contribution in [-0.4, -0.2) is 54.6 Å². The lowest BCUT2D eigenvalue weighted by molar-refractivity contribution is -0.376. The van der Waals surface area contributed by atoms with Crippen molar-refractivity contribution in [3.05, 3.63) is 65.7 Å². The van der Waals surface area contributed by atoms with Gasteiger partial charge in [0, 0.05) is 37.4 Å². The molecule has 1 saturated heterocycles. The summed E-state index contributed by atoms with van der Waals surface area (Å²) in [6, 6.07) is 12.5. The summed E-state index contributed by atoms with van der Waals surface area (Å²) in [6.07, 6.45) is -12.4. The van der Waals surface area contributed by atoms with E-state index in [0.29, 0.717) is 30.9 Å². The lowest BCUT2D eigenvalue weighted by Gasteiger charge is -2.36. The van der Waals surface area contributed by atoms with E-state index in [1.54, 1.807) is 4.90 Å². The molecule has 1 heterocycles. The van der Waals surface area contributed by atoms with Crippen molar-refractivity contribution in [1.29, 1.82) is 0 Å². The largest absolute Gasteiger partial charge is 0.445 e. The van der Waals surface area contributed by atoms with Crippen LogP contribution in [-0.2, 0) is 16.9 Å². The summed E-state index contributed by atoms with van der Waals surface area (Å²) in [6.45, 7) is 1.27. The highest BCUT2D eigenvalue weighted by Crippen LogP contribution is 2.50. The standard InChI is InChI=1S/C21H20F6N2O3/c22-20(23,24)19(31,21(25,26)27)16-6-8-17(9-7-16)28-10-12-29(13-11-28)18(30)32-14-15-4-2-1-3-5-15/h1-9,31H,10-14H2. The average Bonchev–Trinajstić information content (AvgIpc) is 2.76. The number of aliphatic hydroxyl groups is 1. The van der Waals surface area contributed by atoms with Gasteiger partial charge >= 0.3 is 18.4 Å². The Morgan fingerprint density at radius 1 is 0.844 bits per heavy atom. The number of carbonyl (C=O) groups excluding carboxylic acids is 1. The fourth-order valence-corrected chi connectivity index (χ4v) is 3.36. The molecule has 2 aromatic carbocycles. The highest BCUT2D eigenvalue weighted by Gasteiger charge is 2.71. The molecule has 3 rings (SSSR count). The fraction of sp³-hybridized carbons (Fsp3) is 0.381. The van der Waals surface area contributed by atoms with Gasteiger partial charge in [0.2, 0.25) is 0 Å². The number of carbonyl (C=O) groups is 1. The molecule has 0 aromatic heterocycles. The zero-order chi connectivity index (χ0) is 23.6. The Hall–Kier alpha value is -2.95. The minimum absolute atomic E-state index is 0.114. The van der Waals surface area contributed by atoms with Crippen molar-refractivity contribution in [2.75, 3.05) is 31.1 Å². The van der Waals surface area contributed by atoms with Crippen molar-refractivity contribution in [3.63, 3.8) is 0 Å². The summed E-state index contributed by atoms with van der Waals surface area (Å²) in [5.74, 6) is 0. The summed E-state index contributed by atoms with van der Waals surface area (Å²) < 4.78 is 83.3. The summed E-state index contributed by atoms with van der Waals surface area (Å²) in [5, 5.41) is 9.46. The van der Waals surface area contributed by atoms with Crippen molar-refractivity contribution in [2.45, 2.75) is 24.6 Å². The molecular weight excluding hydrogens is 442 g/mol. The molecule has 5 nitrogen and oxygen atoms in total. The number of rotatable bonds is 4. The molecule has 1 aliphatic rings. The smallest absolute Gasteiger partial charge is 0.430 e. The van der Waals surface area contributed by atoms with Crippen molar-refractivity contribution in [1.82, 2.24) is 4.90 Å². The number of hydrogen-bond acceptors (Lipinski definition) is 4. The third kappa shape index (κ3) is 4.77. The molecule has 1 aliphatic heterocycles. The number of anilines is 1. The first-order valence-corrected chi connectivity index (χ1v) is 9.60. The first kappa shape index (κ1) is 23.7. The van der Waals surface area contributed by atoms with Crippen LogP contribution in [0.15, 0.2) is 54.6 Å². The van der Waals surface area contributed by atoms with Crippen molar-refractivity contribution < 1.29 is 41.0 Å². The van der Waals surface area contributed by atoms with Crippen LogP contribution in [0.4, 0.5) is 36.8 Å². The number of halogens is 6. The van der Waals surface area contributed by atoms with Crippen LogP contribution in [0.1, 0.15) is 11.1 Å². The topological polar surface area (TPSA) is 53.0 Å². The molecule has 1 amide bonds. The Kier molecular flexibility index (Phi) is 6.59. The van der Waals surface area contributed by atoms with E-state index in [-0.39, 0.29) is 19.7 Å². The minimum atomic E-state index is -5.93. The Morgan fingerprint density at radius 3 is 1.88 bits per heavy atom. The van der Waals surface area contributed by atoms with Gasteiger partial charge in [-0.1, -0.05) is 42.5 Å². The van der Waals surface area contributed by atoms with E-state index in [4.69, 9.17) is 4.74 Å². The first-order valence-electron chi connectivity index (χ1n) is 9.60. The molecule has 0 atom stereocenters. The first-order chi connectivity index (χ1) is 14.9. The van der Waals surface area contributed by atoms with Gasteiger partial charge in [0.25, 0.3) is 5.60 Å². The van der Waals surface area contributed by atoms with Gasteiger partial charge in [-0.25, -0.2) is 4.79 Å². The second kappa shape index (κ2) is 8.89. The SMILES string of the molecule is O=C(OCc1ccccc1)N1CCN(c2ccc(C(O)(C(F)(F)F)C(F)(F)F)cc2)CC1. The van der Waals surface area contributed by atoms with Gasteiger partial charge in [-0.2, -0.15) is 26.3 Å². The molecule has 1 N–H and O–H groups in total. The second-order valence-corrected chi connectivity index (χ2v) is 7.27. The van der Waals surface area contributed by atoms with Crippen LogP contribution in [0.5, 0.6) is 0 Å². The van der Waals surface area contributed by atoms with E-state index in [1.165, 1.54) is 4.90 Å². The van der Waals surface area contributed by atoms with Crippen LogP contribution < -0.4 is 4.90 Å². The summed E-state index contributed by atoms with van der Waals surface area (Å²) in [4.78, 5) is 15.4. The van der Waals surface area contributed by atoms with Crippen LogP contribution in [0.2, 0.25) is 0 Å². The summed E-state index contributed by atoms with van der Waals surface area (Å²) >= 11 is 0. The number of nitrogens with zero attached hydrogens (tertiary/aromatic N) is 2. The minimum Gasteiger partial charge on any atom is -0.445 e. The maximum Gasteiger partial charge on any atom is 0.430 e. The molecule has 174 valence electrons. The van der Waals surface area contributed by atoms with E-state index < -0.39 is 29.6 Å². The van der Waals surface area contributed by atoms with E-state index in [0.717, 1.165) is 17.7 Å². The third-order valence-corrected chi connectivity index (χ3v) is 5.21. The van der Waals surface area contributed by atoms with Crippen molar-refractivity contribution in [2.24, 2.45) is 0 Å². The van der Waals surface area contributed by atoms with E-state index in [1.807, 2.05) is 30.3 Å². The number of benzene rings is 2. The van der Waals surface area contributed by atoms with E-state index in [2.05, 4.69) is 0 Å². The van der Waals surface area contributed by atoms with Gasteiger partial charge in [-0.15, -0.1) is 0 Å². The Labute approximate surface area is 179 Å².